The second-order valence-electron chi connectivity index (χ2n) is 6.91. The third-order valence-corrected chi connectivity index (χ3v) is 5.75. The van der Waals surface area contributed by atoms with Gasteiger partial charge in [0.2, 0.25) is 0 Å². The molecule has 0 saturated carbocycles. The van der Waals surface area contributed by atoms with E-state index in [4.69, 9.17) is 0 Å². The van der Waals surface area contributed by atoms with Crippen molar-refractivity contribution >= 4 is 0 Å². The van der Waals surface area contributed by atoms with Crippen LogP contribution in [0.2, 0.25) is 0 Å². The number of hydrogen-bond acceptors (Lipinski definition) is 0. The summed E-state index contributed by atoms with van der Waals surface area (Å²) in [5, 5.41) is 0. The molecule has 0 aromatic carbocycles. The van der Waals surface area contributed by atoms with Gasteiger partial charge < -0.3 is 0 Å². The summed E-state index contributed by atoms with van der Waals surface area (Å²) in [7, 11) is 0. The molecule has 0 spiro atoms. The molecule has 2 aliphatic carbocycles. The van der Waals surface area contributed by atoms with Gasteiger partial charge in [-0.05, 0) is 55.3 Å². The summed E-state index contributed by atoms with van der Waals surface area (Å²) < 4.78 is 0. The van der Waals surface area contributed by atoms with Crippen LogP contribution in [-0.4, -0.2) is 0 Å². The quantitative estimate of drug-likeness (QED) is 0.523. The monoisotopic (exact) mass is 220 g/mol. The van der Waals surface area contributed by atoms with E-state index in [0.29, 0.717) is 10.8 Å². The Morgan fingerprint density at radius 3 is 2.44 bits per heavy atom. The summed E-state index contributed by atoms with van der Waals surface area (Å²) in [4.78, 5) is 0. The molecule has 0 unspecified atom stereocenters. The van der Waals surface area contributed by atoms with Crippen LogP contribution >= 0.6 is 0 Å². The van der Waals surface area contributed by atoms with Gasteiger partial charge in [0.05, 0.1) is 0 Å². The lowest BCUT2D eigenvalue weighted by Gasteiger charge is -2.49. The topological polar surface area (TPSA) is 0 Å². The molecule has 0 aliphatic heterocycles. The molecule has 0 aromatic rings. The van der Waals surface area contributed by atoms with Gasteiger partial charge in [0.25, 0.3) is 0 Å². The molecule has 2 atom stereocenters. The first-order valence-electron chi connectivity index (χ1n) is 7.15. The molecule has 0 N–H and O–H groups in total. The standard InChI is InChI=1S/C16H28/c1-6-16(5)12(2)9-10-13-14(16)8-7-11-15(13,3)4/h12H,6-11H2,1-5H3/t12-,16+/m0/s1. The molecular formula is C16H28. The molecule has 0 amide bonds. The number of hydrogen-bond donors (Lipinski definition) is 0. The van der Waals surface area contributed by atoms with Crippen molar-refractivity contribution in [2.75, 3.05) is 0 Å². The van der Waals surface area contributed by atoms with Crippen LogP contribution in [0.4, 0.5) is 0 Å². The Labute approximate surface area is 102 Å². The fourth-order valence-corrected chi connectivity index (χ4v) is 4.08. The lowest BCUT2D eigenvalue weighted by molar-refractivity contribution is 0.175. The highest BCUT2D eigenvalue weighted by atomic mass is 14.5. The first kappa shape index (κ1) is 12.2. The van der Waals surface area contributed by atoms with E-state index < -0.39 is 0 Å². The summed E-state index contributed by atoms with van der Waals surface area (Å²) in [5.74, 6) is 0.880. The highest BCUT2D eigenvalue weighted by Crippen LogP contribution is 2.56. The van der Waals surface area contributed by atoms with Gasteiger partial charge in [0.15, 0.2) is 0 Å². The van der Waals surface area contributed by atoms with Crippen LogP contribution in [0.25, 0.3) is 0 Å². The third kappa shape index (κ3) is 1.65. The van der Waals surface area contributed by atoms with Crippen LogP contribution in [0.3, 0.4) is 0 Å². The van der Waals surface area contributed by atoms with Crippen LogP contribution in [0, 0.1) is 16.7 Å². The maximum atomic E-state index is 2.52. The predicted octanol–water partition coefficient (Wildman–Crippen LogP) is 5.34. The molecule has 0 nitrogen and oxygen atoms in total. The van der Waals surface area contributed by atoms with Gasteiger partial charge in [0.1, 0.15) is 0 Å². The molecule has 0 saturated heterocycles. The molecule has 0 radical (unpaired) electrons. The molecule has 0 fully saturated rings. The minimum atomic E-state index is 0.490. The Balaban J connectivity index is 2.48. The molecule has 0 heteroatoms. The van der Waals surface area contributed by atoms with Gasteiger partial charge in [-0.25, -0.2) is 0 Å². The third-order valence-electron chi connectivity index (χ3n) is 5.75. The maximum Gasteiger partial charge on any atom is -0.00904 e. The highest BCUT2D eigenvalue weighted by molar-refractivity contribution is 5.32. The van der Waals surface area contributed by atoms with Crippen LogP contribution in [0.1, 0.15) is 73.1 Å². The summed E-state index contributed by atoms with van der Waals surface area (Å²) in [6, 6.07) is 0. The van der Waals surface area contributed by atoms with E-state index in [0.717, 1.165) is 5.92 Å². The lowest BCUT2D eigenvalue weighted by Crippen LogP contribution is -2.37. The molecule has 16 heavy (non-hydrogen) atoms. The summed E-state index contributed by atoms with van der Waals surface area (Å²) >= 11 is 0. The van der Waals surface area contributed by atoms with Gasteiger partial charge in [-0.15, -0.1) is 0 Å². The lowest BCUT2D eigenvalue weighted by atomic mass is 9.56. The second kappa shape index (κ2) is 3.89. The van der Waals surface area contributed by atoms with Crippen molar-refractivity contribution in [1.82, 2.24) is 0 Å². The Hall–Kier alpha value is -0.260. The van der Waals surface area contributed by atoms with Gasteiger partial charge in [-0.2, -0.15) is 0 Å². The molecule has 92 valence electrons. The van der Waals surface area contributed by atoms with Gasteiger partial charge in [0, 0.05) is 0 Å². The Morgan fingerprint density at radius 2 is 1.81 bits per heavy atom. The first-order chi connectivity index (χ1) is 7.42. The maximum absolute atomic E-state index is 2.52. The van der Waals surface area contributed by atoms with Crippen LogP contribution < -0.4 is 0 Å². The average molecular weight is 220 g/mol. The van der Waals surface area contributed by atoms with Gasteiger partial charge in [-0.3, -0.25) is 0 Å². The molecule has 0 bridgehead atoms. The normalized spacial score (nSPS) is 38.4. The van der Waals surface area contributed by atoms with Crippen LogP contribution in [-0.2, 0) is 0 Å². The number of rotatable bonds is 1. The smallest absolute Gasteiger partial charge is 0.00904 e. The fourth-order valence-electron chi connectivity index (χ4n) is 4.08. The molecule has 2 rings (SSSR count). The molecular weight excluding hydrogens is 192 g/mol. The molecule has 0 aromatic heterocycles. The van der Waals surface area contributed by atoms with E-state index in [-0.39, 0.29) is 0 Å². The van der Waals surface area contributed by atoms with E-state index >= 15 is 0 Å². The van der Waals surface area contributed by atoms with Crippen molar-refractivity contribution in [3.63, 3.8) is 0 Å². The minimum absolute atomic E-state index is 0.490. The first-order valence-corrected chi connectivity index (χ1v) is 7.15. The largest absolute Gasteiger partial charge is 0.0648 e. The van der Waals surface area contributed by atoms with E-state index in [2.05, 4.69) is 34.6 Å². The van der Waals surface area contributed by atoms with Crippen molar-refractivity contribution in [2.24, 2.45) is 16.7 Å². The Morgan fingerprint density at radius 1 is 1.12 bits per heavy atom. The predicted molar refractivity (Wildman–Crippen MR) is 71.5 cm³/mol. The van der Waals surface area contributed by atoms with Crippen molar-refractivity contribution < 1.29 is 0 Å². The number of allylic oxidation sites excluding steroid dienone is 2. The molecule has 2 aliphatic rings. The SMILES string of the molecule is CC[C@@]1(C)C2=C(CC[C@@H]1C)C(C)(C)CCC2. The van der Waals surface area contributed by atoms with E-state index in [9.17, 15) is 0 Å². The van der Waals surface area contributed by atoms with Crippen molar-refractivity contribution in [3.05, 3.63) is 11.1 Å². The van der Waals surface area contributed by atoms with Crippen molar-refractivity contribution in [3.8, 4) is 0 Å². The summed E-state index contributed by atoms with van der Waals surface area (Å²) in [5.41, 5.74) is 4.68. The van der Waals surface area contributed by atoms with Crippen molar-refractivity contribution in [1.29, 1.82) is 0 Å². The van der Waals surface area contributed by atoms with E-state index in [1.54, 1.807) is 0 Å². The fraction of sp³-hybridized carbons (Fsp3) is 0.875. The molecule has 0 heterocycles. The van der Waals surface area contributed by atoms with Crippen LogP contribution in [0.5, 0.6) is 0 Å². The summed E-state index contributed by atoms with van der Waals surface area (Å²) in [6.07, 6.45) is 8.30. The van der Waals surface area contributed by atoms with Crippen molar-refractivity contribution in [2.45, 2.75) is 73.1 Å². The highest BCUT2D eigenvalue weighted by Gasteiger charge is 2.43. The summed E-state index contributed by atoms with van der Waals surface area (Å²) in [6.45, 7) is 12.3. The average Bonchev–Trinajstić information content (AvgIpc) is 2.23. The Kier molecular flexibility index (Phi) is 2.97. The zero-order valence-corrected chi connectivity index (χ0v) is 11.8. The minimum Gasteiger partial charge on any atom is -0.0648 e. The van der Waals surface area contributed by atoms with Gasteiger partial charge in [-0.1, -0.05) is 45.8 Å². The van der Waals surface area contributed by atoms with E-state index in [1.807, 2.05) is 11.1 Å². The van der Waals surface area contributed by atoms with Gasteiger partial charge >= 0.3 is 0 Å². The van der Waals surface area contributed by atoms with Crippen LogP contribution in [0.15, 0.2) is 11.1 Å². The zero-order valence-electron chi connectivity index (χ0n) is 11.8. The zero-order chi connectivity index (χ0) is 12.0. The van der Waals surface area contributed by atoms with E-state index in [1.165, 1.54) is 38.5 Å². The Bertz CT molecular complexity index is 308. The second-order valence-corrected chi connectivity index (χ2v) is 6.91.